The summed E-state index contributed by atoms with van der Waals surface area (Å²) in [6.07, 6.45) is 3.32. The first-order chi connectivity index (χ1) is 9.04. The van der Waals surface area contributed by atoms with Crippen LogP contribution in [0.4, 0.5) is 0 Å². The first-order valence-electron chi connectivity index (χ1n) is 6.67. The highest BCUT2D eigenvalue weighted by Crippen LogP contribution is 2.21. The SMILES string of the molecule is CCCn1ncnc1CC(N)c1c(C)nn(C)c1C. The van der Waals surface area contributed by atoms with Crippen molar-refractivity contribution in [3.8, 4) is 0 Å². The zero-order valence-electron chi connectivity index (χ0n) is 12.1. The van der Waals surface area contributed by atoms with E-state index in [1.165, 1.54) is 0 Å². The van der Waals surface area contributed by atoms with E-state index in [9.17, 15) is 0 Å². The van der Waals surface area contributed by atoms with Crippen LogP contribution in [-0.4, -0.2) is 24.5 Å². The minimum Gasteiger partial charge on any atom is -0.323 e. The van der Waals surface area contributed by atoms with Gasteiger partial charge < -0.3 is 5.73 Å². The van der Waals surface area contributed by atoms with Gasteiger partial charge in [0.15, 0.2) is 0 Å². The maximum Gasteiger partial charge on any atom is 0.138 e. The first-order valence-corrected chi connectivity index (χ1v) is 6.67. The molecular formula is C13H22N6. The standard InChI is InChI=1S/C13H22N6/c1-5-6-19-12(15-8-16-19)7-11(14)13-9(2)17-18(4)10(13)3/h8,11H,5-7,14H2,1-4H3. The van der Waals surface area contributed by atoms with E-state index in [2.05, 4.69) is 22.1 Å². The molecule has 6 heteroatoms. The summed E-state index contributed by atoms with van der Waals surface area (Å²) in [5, 5.41) is 8.65. The van der Waals surface area contributed by atoms with Crippen LogP contribution in [-0.2, 0) is 20.0 Å². The van der Waals surface area contributed by atoms with Crippen molar-refractivity contribution in [2.24, 2.45) is 12.8 Å². The molecule has 0 aliphatic rings. The van der Waals surface area contributed by atoms with E-state index in [4.69, 9.17) is 5.73 Å². The highest BCUT2D eigenvalue weighted by Gasteiger charge is 2.19. The van der Waals surface area contributed by atoms with Crippen LogP contribution in [0.25, 0.3) is 0 Å². The third kappa shape index (κ3) is 2.68. The monoisotopic (exact) mass is 262 g/mol. The number of aryl methyl sites for hydroxylation is 3. The molecule has 0 bridgehead atoms. The van der Waals surface area contributed by atoms with Crippen molar-refractivity contribution in [3.05, 3.63) is 29.1 Å². The Hall–Kier alpha value is -1.69. The predicted octanol–water partition coefficient (Wildman–Crippen LogP) is 1.28. The van der Waals surface area contributed by atoms with Crippen molar-refractivity contribution in [1.82, 2.24) is 24.5 Å². The van der Waals surface area contributed by atoms with Gasteiger partial charge in [-0.3, -0.25) is 9.36 Å². The molecule has 1 atom stereocenters. The van der Waals surface area contributed by atoms with E-state index < -0.39 is 0 Å². The predicted molar refractivity (Wildman–Crippen MR) is 73.6 cm³/mol. The van der Waals surface area contributed by atoms with E-state index in [1.54, 1.807) is 6.33 Å². The Bertz CT molecular complexity index is 553. The third-order valence-corrected chi connectivity index (χ3v) is 3.47. The van der Waals surface area contributed by atoms with E-state index in [0.29, 0.717) is 6.42 Å². The zero-order chi connectivity index (χ0) is 14.0. The lowest BCUT2D eigenvalue weighted by Gasteiger charge is -2.13. The van der Waals surface area contributed by atoms with Crippen LogP contribution in [0.2, 0.25) is 0 Å². The summed E-state index contributed by atoms with van der Waals surface area (Å²) >= 11 is 0. The van der Waals surface area contributed by atoms with E-state index in [0.717, 1.165) is 35.7 Å². The quantitative estimate of drug-likeness (QED) is 0.881. The molecule has 0 saturated carbocycles. The van der Waals surface area contributed by atoms with Gasteiger partial charge in [0.1, 0.15) is 12.2 Å². The molecule has 0 fully saturated rings. The molecule has 0 radical (unpaired) electrons. The van der Waals surface area contributed by atoms with Gasteiger partial charge in [-0.05, 0) is 20.3 Å². The molecule has 0 amide bonds. The zero-order valence-corrected chi connectivity index (χ0v) is 12.1. The fraction of sp³-hybridized carbons (Fsp3) is 0.615. The van der Waals surface area contributed by atoms with Crippen LogP contribution in [0.15, 0.2) is 6.33 Å². The Kier molecular flexibility index (Phi) is 3.99. The van der Waals surface area contributed by atoms with Crippen molar-refractivity contribution >= 4 is 0 Å². The molecule has 19 heavy (non-hydrogen) atoms. The minimum atomic E-state index is -0.0893. The topological polar surface area (TPSA) is 74.6 Å². The van der Waals surface area contributed by atoms with Gasteiger partial charge in [0.25, 0.3) is 0 Å². The summed E-state index contributed by atoms with van der Waals surface area (Å²) in [4.78, 5) is 4.31. The summed E-state index contributed by atoms with van der Waals surface area (Å²) in [6, 6.07) is -0.0893. The first kappa shape index (κ1) is 13.7. The van der Waals surface area contributed by atoms with Gasteiger partial charge in [-0.25, -0.2) is 4.98 Å². The van der Waals surface area contributed by atoms with Crippen molar-refractivity contribution in [2.75, 3.05) is 0 Å². The second kappa shape index (κ2) is 5.52. The van der Waals surface area contributed by atoms with Crippen LogP contribution in [0, 0.1) is 13.8 Å². The molecule has 2 N–H and O–H groups in total. The molecule has 6 nitrogen and oxygen atoms in total. The average Bonchev–Trinajstić information content (AvgIpc) is 2.86. The number of hydrogen-bond donors (Lipinski definition) is 1. The number of rotatable bonds is 5. The Morgan fingerprint density at radius 3 is 2.68 bits per heavy atom. The average molecular weight is 262 g/mol. The van der Waals surface area contributed by atoms with E-state index in [-0.39, 0.29) is 6.04 Å². The van der Waals surface area contributed by atoms with Crippen molar-refractivity contribution in [2.45, 2.75) is 46.2 Å². The fourth-order valence-corrected chi connectivity index (χ4v) is 2.47. The number of aromatic nitrogens is 5. The second-order valence-corrected chi connectivity index (χ2v) is 4.92. The number of nitrogens with two attached hydrogens (primary N) is 1. The Balaban J connectivity index is 2.20. The molecule has 0 aliphatic heterocycles. The summed E-state index contributed by atoms with van der Waals surface area (Å²) < 4.78 is 3.81. The number of nitrogens with zero attached hydrogens (tertiary/aromatic N) is 5. The third-order valence-electron chi connectivity index (χ3n) is 3.47. The second-order valence-electron chi connectivity index (χ2n) is 4.92. The van der Waals surface area contributed by atoms with Crippen LogP contribution >= 0.6 is 0 Å². The van der Waals surface area contributed by atoms with E-state index in [1.807, 2.05) is 30.3 Å². The summed E-state index contributed by atoms with van der Waals surface area (Å²) in [5.41, 5.74) is 9.56. The largest absolute Gasteiger partial charge is 0.323 e. The highest BCUT2D eigenvalue weighted by atomic mass is 15.3. The molecule has 104 valence electrons. The molecule has 0 saturated heterocycles. The lowest BCUT2D eigenvalue weighted by molar-refractivity contribution is 0.546. The summed E-state index contributed by atoms with van der Waals surface area (Å²) in [6.45, 7) is 7.05. The Morgan fingerprint density at radius 1 is 1.37 bits per heavy atom. The Labute approximate surface area is 113 Å². The molecule has 0 aliphatic carbocycles. The van der Waals surface area contributed by atoms with Crippen LogP contribution in [0.5, 0.6) is 0 Å². The van der Waals surface area contributed by atoms with Crippen LogP contribution < -0.4 is 5.73 Å². The lowest BCUT2D eigenvalue weighted by Crippen LogP contribution is -2.18. The molecule has 2 rings (SSSR count). The van der Waals surface area contributed by atoms with Gasteiger partial charge >= 0.3 is 0 Å². The van der Waals surface area contributed by atoms with Crippen molar-refractivity contribution in [3.63, 3.8) is 0 Å². The molecule has 2 aromatic heterocycles. The molecule has 0 spiro atoms. The summed E-state index contributed by atoms with van der Waals surface area (Å²) in [7, 11) is 1.94. The molecule has 1 unspecified atom stereocenters. The minimum absolute atomic E-state index is 0.0893. The van der Waals surface area contributed by atoms with Gasteiger partial charge in [0, 0.05) is 37.3 Å². The van der Waals surface area contributed by atoms with Crippen molar-refractivity contribution < 1.29 is 0 Å². The maximum absolute atomic E-state index is 6.33. The van der Waals surface area contributed by atoms with Gasteiger partial charge in [0.05, 0.1) is 5.69 Å². The lowest BCUT2D eigenvalue weighted by atomic mass is 10.0. The fourth-order valence-electron chi connectivity index (χ4n) is 2.47. The number of hydrogen-bond acceptors (Lipinski definition) is 4. The Morgan fingerprint density at radius 2 is 2.11 bits per heavy atom. The smallest absolute Gasteiger partial charge is 0.138 e. The van der Waals surface area contributed by atoms with Gasteiger partial charge in [-0.1, -0.05) is 6.92 Å². The van der Waals surface area contributed by atoms with Gasteiger partial charge in [-0.15, -0.1) is 0 Å². The van der Waals surface area contributed by atoms with Crippen LogP contribution in [0.3, 0.4) is 0 Å². The van der Waals surface area contributed by atoms with Gasteiger partial charge in [-0.2, -0.15) is 10.2 Å². The molecular weight excluding hydrogens is 240 g/mol. The molecule has 0 aromatic carbocycles. The van der Waals surface area contributed by atoms with Gasteiger partial charge in [0.2, 0.25) is 0 Å². The normalized spacial score (nSPS) is 12.9. The maximum atomic E-state index is 6.33. The highest BCUT2D eigenvalue weighted by molar-refractivity contribution is 5.28. The summed E-state index contributed by atoms with van der Waals surface area (Å²) in [5.74, 6) is 0.942. The molecule has 2 aromatic rings. The molecule has 2 heterocycles. The van der Waals surface area contributed by atoms with Crippen LogP contribution in [0.1, 0.15) is 42.2 Å². The van der Waals surface area contributed by atoms with E-state index >= 15 is 0 Å². The van der Waals surface area contributed by atoms with Crippen molar-refractivity contribution in [1.29, 1.82) is 0 Å².